The summed E-state index contributed by atoms with van der Waals surface area (Å²) in [6.07, 6.45) is 1.51. The van der Waals surface area contributed by atoms with Gasteiger partial charge in [0.1, 0.15) is 12.4 Å². The molecule has 0 heterocycles. The Balaban J connectivity index is 3.30. The molecule has 0 saturated heterocycles. The normalized spacial score (nSPS) is 9.71. The fourth-order valence-corrected chi connectivity index (χ4v) is 1.45. The number of aromatic carboxylic acids is 2. The summed E-state index contributed by atoms with van der Waals surface area (Å²) in [7, 11) is 0. The average molecular weight is 236 g/mol. The maximum Gasteiger partial charge on any atom is 0.336 e. The zero-order valence-electron chi connectivity index (χ0n) is 9.27. The smallest absolute Gasteiger partial charge is 0.336 e. The molecule has 1 aromatic carbocycles. The lowest BCUT2D eigenvalue weighted by Crippen LogP contribution is -2.11. The van der Waals surface area contributed by atoms with E-state index >= 15 is 0 Å². The van der Waals surface area contributed by atoms with Gasteiger partial charge in [0.25, 0.3) is 0 Å². The molecule has 0 aliphatic heterocycles. The average Bonchev–Trinajstić information content (AvgIpc) is 2.24. The Hall–Kier alpha value is -2.30. The van der Waals surface area contributed by atoms with E-state index in [0.717, 1.165) is 0 Å². The van der Waals surface area contributed by atoms with E-state index in [1.165, 1.54) is 25.1 Å². The van der Waals surface area contributed by atoms with Gasteiger partial charge >= 0.3 is 11.9 Å². The number of aryl methyl sites for hydroxylation is 1. The minimum atomic E-state index is -1.30. The summed E-state index contributed by atoms with van der Waals surface area (Å²) >= 11 is 0. The highest BCUT2D eigenvalue weighted by atomic mass is 16.5. The molecule has 0 saturated carbocycles. The lowest BCUT2D eigenvalue weighted by atomic mass is 10.0. The van der Waals surface area contributed by atoms with Gasteiger partial charge in [-0.2, -0.15) is 0 Å². The lowest BCUT2D eigenvalue weighted by molar-refractivity contribution is 0.0650. The van der Waals surface area contributed by atoms with E-state index in [0.29, 0.717) is 11.3 Å². The Bertz CT molecular complexity index is 476. The number of carboxylic acids is 2. The van der Waals surface area contributed by atoms with Crippen LogP contribution in [0.2, 0.25) is 0 Å². The molecule has 0 bridgehead atoms. The maximum absolute atomic E-state index is 11.0. The van der Waals surface area contributed by atoms with Crippen molar-refractivity contribution in [3.63, 3.8) is 0 Å². The molecule has 0 aliphatic rings. The third-order valence-corrected chi connectivity index (χ3v) is 2.12. The van der Waals surface area contributed by atoms with Gasteiger partial charge in [-0.25, -0.2) is 9.59 Å². The second-order valence-corrected chi connectivity index (χ2v) is 3.37. The first-order chi connectivity index (χ1) is 7.97. The van der Waals surface area contributed by atoms with Crippen molar-refractivity contribution in [3.8, 4) is 5.75 Å². The third-order valence-electron chi connectivity index (χ3n) is 2.12. The second-order valence-electron chi connectivity index (χ2n) is 3.37. The maximum atomic E-state index is 11.0. The molecule has 5 heteroatoms. The second kappa shape index (κ2) is 5.16. The van der Waals surface area contributed by atoms with Crippen LogP contribution in [0.3, 0.4) is 0 Å². The molecule has 1 aromatic rings. The van der Waals surface area contributed by atoms with Crippen LogP contribution in [0.5, 0.6) is 5.75 Å². The van der Waals surface area contributed by atoms with Crippen LogP contribution in [-0.4, -0.2) is 28.8 Å². The highest BCUT2D eigenvalue weighted by Gasteiger charge is 2.19. The van der Waals surface area contributed by atoms with Crippen molar-refractivity contribution in [2.45, 2.75) is 6.92 Å². The topological polar surface area (TPSA) is 83.8 Å². The van der Waals surface area contributed by atoms with Crippen molar-refractivity contribution in [1.82, 2.24) is 0 Å². The van der Waals surface area contributed by atoms with E-state index in [1.807, 2.05) is 0 Å². The molecule has 0 fully saturated rings. The van der Waals surface area contributed by atoms with Crippen LogP contribution in [0.4, 0.5) is 0 Å². The number of ether oxygens (including phenoxy) is 1. The zero-order valence-corrected chi connectivity index (χ0v) is 9.27. The number of benzene rings is 1. The van der Waals surface area contributed by atoms with Gasteiger partial charge in [0.2, 0.25) is 0 Å². The lowest BCUT2D eigenvalue weighted by Gasteiger charge is -2.09. The minimum Gasteiger partial charge on any atom is -0.490 e. The first-order valence-electron chi connectivity index (χ1n) is 4.82. The first kappa shape index (κ1) is 12.8. The SMILES string of the molecule is C=CCOc1cc(C)c(C(=O)O)c(C(=O)O)c1. The zero-order chi connectivity index (χ0) is 13.0. The van der Waals surface area contributed by atoms with Crippen molar-refractivity contribution >= 4 is 11.9 Å². The van der Waals surface area contributed by atoms with E-state index in [1.54, 1.807) is 0 Å². The summed E-state index contributed by atoms with van der Waals surface area (Å²) in [4.78, 5) is 21.9. The van der Waals surface area contributed by atoms with Gasteiger partial charge in [-0.15, -0.1) is 0 Å². The van der Waals surface area contributed by atoms with Crippen molar-refractivity contribution in [1.29, 1.82) is 0 Å². The predicted molar refractivity (Wildman–Crippen MR) is 60.8 cm³/mol. The fourth-order valence-electron chi connectivity index (χ4n) is 1.45. The molecule has 2 N–H and O–H groups in total. The van der Waals surface area contributed by atoms with Crippen LogP contribution in [0, 0.1) is 6.92 Å². The molecular formula is C12H12O5. The predicted octanol–water partition coefficient (Wildman–Crippen LogP) is 1.96. The molecule has 0 spiro atoms. The molecule has 0 amide bonds. The standard InChI is InChI=1S/C12H12O5/c1-3-4-17-8-5-7(2)10(12(15)16)9(6-8)11(13)14/h3,5-6H,1,4H2,2H3,(H,13,14)(H,15,16). The molecule has 90 valence electrons. The van der Waals surface area contributed by atoms with Gasteiger partial charge in [-0.3, -0.25) is 0 Å². The van der Waals surface area contributed by atoms with Gasteiger partial charge in [0.05, 0.1) is 11.1 Å². The molecule has 0 atom stereocenters. The van der Waals surface area contributed by atoms with E-state index in [4.69, 9.17) is 14.9 Å². The number of carboxylic acid groups (broad SMARTS) is 2. The summed E-state index contributed by atoms with van der Waals surface area (Å²) in [5.41, 5.74) is -0.156. The number of carbonyl (C=O) groups is 2. The van der Waals surface area contributed by atoms with Gasteiger partial charge in [-0.1, -0.05) is 12.7 Å². The van der Waals surface area contributed by atoms with Crippen LogP contribution in [0.15, 0.2) is 24.8 Å². The van der Waals surface area contributed by atoms with Crippen LogP contribution in [0.25, 0.3) is 0 Å². The Morgan fingerprint density at radius 2 is 2.00 bits per heavy atom. The van der Waals surface area contributed by atoms with E-state index < -0.39 is 11.9 Å². The van der Waals surface area contributed by atoms with E-state index in [9.17, 15) is 9.59 Å². The van der Waals surface area contributed by atoms with Crippen molar-refractivity contribution < 1.29 is 24.5 Å². The van der Waals surface area contributed by atoms with Crippen LogP contribution in [-0.2, 0) is 0 Å². The van der Waals surface area contributed by atoms with Gasteiger partial charge < -0.3 is 14.9 Å². The van der Waals surface area contributed by atoms with Crippen LogP contribution >= 0.6 is 0 Å². The highest BCUT2D eigenvalue weighted by molar-refractivity contribution is 6.03. The Morgan fingerprint density at radius 3 is 2.47 bits per heavy atom. The summed E-state index contributed by atoms with van der Waals surface area (Å²) in [5, 5.41) is 17.9. The number of rotatable bonds is 5. The molecule has 17 heavy (non-hydrogen) atoms. The van der Waals surface area contributed by atoms with Gasteiger partial charge in [0, 0.05) is 0 Å². The molecule has 0 aromatic heterocycles. The summed E-state index contributed by atoms with van der Waals surface area (Å²) in [6, 6.07) is 2.68. The van der Waals surface area contributed by atoms with Crippen LogP contribution < -0.4 is 4.74 Å². The number of hydrogen-bond donors (Lipinski definition) is 2. The number of hydrogen-bond acceptors (Lipinski definition) is 3. The molecule has 0 radical (unpaired) electrons. The van der Waals surface area contributed by atoms with Crippen LogP contribution in [0.1, 0.15) is 26.3 Å². The Morgan fingerprint density at radius 1 is 1.35 bits per heavy atom. The van der Waals surface area contributed by atoms with Gasteiger partial charge in [0.15, 0.2) is 0 Å². The minimum absolute atomic E-state index is 0.219. The Labute approximate surface area is 98.0 Å². The van der Waals surface area contributed by atoms with Crippen molar-refractivity contribution in [2.75, 3.05) is 6.61 Å². The highest BCUT2D eigenvalue weighted by Crippen LogP contribution is 2.22. The quantitative estimate of drug-likeness (QED) is 0.763. The van der Waals surface area contributed by atoms with Crippen molar-refractivity contribution in [3.05, 3.63) is 41.5 Å². The molecule has 1 rings (SSSR count). The van der Waals surface area contributed by atoms with Gasteiger partial charge in [-0.05, 0) is 24.6 Å². The van der Waals surface area contributed by atoms with E-state index in [2.05, 4.69) is 6.58 Å². The first-order valence-corrected chi connectivity index (χ1v) is 4.82. The summed E-state index contributed by atoms with van der Waals surface area (Å²) in [6.45, 7) is 5.22. The third kappa shape index (κ3) is 2.84. The van der Waals surface area contributed by atoms with E-state index in [-0.39, 0.29) is 17.7 Å². The molecule has 0 aliphatic carbocycles. The largest absolute Gasteiger partial charge is 0.490 e. The molecule has 5 nitrogen and oxygen atoms in total. The summed E-state index contributed by atoms with van der Waals surface area (Å²) < 4.78 is 5.19. The Kier molecular flexibility index (Phi) is 3.87. The molecule has 0 unspecified atom stereocenters. The fraction of sp³-hybridized carbons (Fsp3) is 0.167. The summed E-state index contributed by atoms with van der Waals surface area (Å²) in [5.74, 6) is -2.26. The monoisotopic (exact) mass is 236 g/mol. The molecular weight excluding hydrogens is 224 g/mol. The van der Waals surface area contributed by atoms with Crippen molar-refractivity contribution in [2.24, 2.45) is 0 Å².